The van der Waals surface area contributed by atoms with Crippen LogP contribution in [-0.2, 0) is 11.3 Å². The second-order valence-corrected chi connectivity index (χ2v) is 6.06. The van der Waals surface area contributed by atoms with Crippen molar-refractivity contribution in [3.8, 4) is 0 Å². The largest absolute Gasteiger partial charge is 0.390 e. The number of anilines is 2. The first-order valence-electron chi connectivity index (χ1n) is 8.33. The molecule has 3 rings (SSSR count). The Morgan fingerprint density at radius 2 is 1.76 bits per heavy atom. The third-order valence-corrected chi connectivity index (χ3v) is 4.22. The van der Waals surface area contributed by atoms with Crippen LogP contribution in [0.1, 0.15) is 5.56 Å². The maximum absolute atomic E-state index is 11.8. The van der Waals surface area contributed by atoms with Crippen LogP contribution in [0, 0.1) is 0 Å². The minimum atomic E-state index is -0.629. The summed E-state index contributed by atoms with van der Waals surface area (Å²) in [4.78, 5) is 29.5. The molecule has 1 aromatic heterocycles. The van der Waals surface area contributed by atoms with Gasteiger partial charge in [0.2, 0.25) is 0 Å². The number of rotatable bonds is 8. The van der Waals surface area contributed by atoms with Gasteiger partial charge in [-0.2, -0.15) is 0 Å². The summed E-state index contributed by atoms with van der Waals surface area (Å²) in [6.45, 7) is 4.06. The maximum Gasteiger partial charge on any atom is 0.253 e. The predicted molar refractivity (Wildman–Crippen MR) is 94.7 cm³/mol. The third kappa shape index (κ3) is 4.41. The lowest BCUT2D eigenvalue weighted by molar-refractivity contribution is 0.0171. The lowest BCUT2D eigenvalue weighted by Gasteiger charge is -2.28. The summed E-state index contributed by atoms with van der Waals surface area (Å²) in [7, 11) is 0. The summed E-state index contributed by atoms with van der Waals surface area (Å²) in [5.74, 6) is 0. The molecule has 0 bridgehead atoms. The van der Waals surface area contributed by atoms with Gasteiger partial charge in [-0.1, -0.05) is 0 Å². The Kier molecular flexibility index (Phi) is 5.75. The van der Waals surface area contributed by atoms with Gasteiger partial charge in [0.05, 0.1) is 19.3 Å². The molecule has 0 amide bonds. The van der Waals surface area contributed by atoms with Crippen LogP contribution in [0.25, 0.3) is 0 Å². The minimum absolute atomic E-state index is 0.214. The Balaban J connectivity index is 1.51. The number of nitrogens with zero attached hydrogens (tertiary/aromatic N) is 2. The first-order chi connectivity index (χ1) is 12.1. The Morgan fingerprint density at radius 1 is 1.12 bits per heavy atom. The number of hydrogen-bond acceptors (Lipinski definition) is 8. The quantitative estimate of drug-likeness (QED) is 0.544. The van der Waals surface area contributed by atoms with Crippen molar-refractivity contribution in [2.75, 3.05) is 50.0 Å². The molecule has 134 valence electrons. The van der Waals surface area contributed by atoms with E-state index >= 15 is 0 Å². The number of nitrogens with one attached hydrogen (secondary N) is 2. The molecule has 3 N–H and O–H groups in total. The molecular weight excluding hydrogens is 324 g/mol. The van der Waals surface area contributed by atoms with E-state index in [4.69, 9.17) is 4.74 Å². The van der Waals surface area contributed by atoms with Crippen LogP contribution in [0.2, 0.25) is 0 Å². The summed E-state index contributed by atoms with van der Waals surface area (Å²) >= 11 is 0. The zero-order valence-electron chi connectivity index (χ0n) is 13.9. The zero-order chi connectivity index (χ0) is 17.6. The molecule has 1 unspecified atom stereocenters. The van der Waals surface area contributed by atoms with Gasteiger partial charge in [-0.3, -0.25) is 19.5 Å². The molecule has 2 aromatic rings. The highest BCUT2D eigenvalue weighted by Gasteiger charge is 2.22. The fourth-order valence-corrected chi connectivity index (χ4v) is 2.79. The monoisotopic (exact) mass is 346 g/mol. The molecule has 8 nitrogen and oxygen atoms in total. The lowest BCUT2D eigenvalue weighted by Crippen LogP contribution is -2.44. The predicted octanol–water partition coefficient (Wildman–Crippen LogP) is -0.605. The number of pyridine rings is 1. The highest BCUT2D eigenvalue weighted by molar-refractivity contribution is 5.74. The van der Waals surface area contributed by atoms with E-state index in [1.165, 1.54) is 0 Å². The van der Waals surface area contributed by atoms with Crippen molar-refractivity contribution in [1.82, 2.24) is 9.88 Å². The van der Waals surface area contributed by atoms with Crippen molar-refractivity contribution in [3.63, 3.8) is 0 Å². The molecule has 1 atom stereocenters. The van der Waals surface area contributed by atoms with Gasteiger partial charge < -0.3 is 20.5 Å². The number of hydrogen-bond donors (Lipinski definition) is 3. The van der Waals surface area contributed by atoms with Crippen LogP contribution >= 0.6 is 0 Å². The smallest absolute Gasteiger partial charge is 0.253 e. The molecule has 0 radical (unpaired) electrons. The SMILES string of the molecule is O=c1c(NCc2ccncc2)c(NCC(O)CN2CCOCC2)c1=O. The van der Waals surface area contributed by atoms with Crippen molar-refractivity contribution < 1.29 is 9.84 Å². The number of morpholine rings is 1. The fourth-order valence-electron chi connectivity index (χ4n) is 2.79. The highest BCUT2D eigenvalue weighted by atomic mass is 16.5. The molecule has 1 aromatic carbocycles. The fraction of sp³-hybridized carbons (Fsp3) is 0.471. The van der Waals surface area contributed by atoms with Crippen molar-refractivity contribution in [2.45, 2.75) is 12.6 Å². The molecule has 0 spiro atoms. The van der Waals surface area contributed by atoms with Gasteiger partial charge in [0, 0.05) is 45.1 Å². The van der Waals surface area contributed by atoms with Crippen molar-refractivity contribution >= 4 is 11.4 Å². The van der Waals surface area contributed by atoms with Crippen LogP contribution in [0.5, 0.6) is 0 Å². The average molecular weight is 346 g/mol. The second kappa shape index (κ2) is 8.19. The van der Waals surface area contributed by atoms with Crippen LogP contribution < -0.4 is 21.5 Å². The van der Waals surface area contributed by atoms with Crippen molar-refractivity contribution in [2.24, 2.45) is 0 Å². The van der Waals surface area contributed by atoms with E-state index in [1.54, 1.807) is 12.4 Å². The van der Waals surface area contributed by atoms with Gasteiger partial charge in [0.1, 0.15) is 11.4 Å². The molecule has 1 saturated heterocycles. The van der Waals surface area contributed by atoms with E-state index in [0.29, 0.717) is 26.3 Å². The number of aliphatic hydroxyl groups is 1. The molecule has 25 heavy (non-hydrogen) atoms. The van der Waals surface area contributed by atoms with Gasteiger partial charge >= 0.3 is 0 Å². The summed E-state index contributed by atoms with van der Waals surface area (Å²) < 4.78 is 5.27. The van der Waals surface area contributed by atoms with Crippen LogP contribution in [-0.4, -0.2) is 60.5 Å². The van der Waals surface area contributed by atoms with E-state index in [2.05, 4.69) is 20.5 Å². The van der Waals surface area contributed by atoms with Crippen molar-refractivity contribution in [3.05, 3.63) is 50.5 Å². The lowest BCUT2D eigenvalue weighted by atomic mass is 10.1. The Bertz CT molecular complexity index is 752. The average Bonchev–Trinajstić information content (AvgIpc) is 2.65. The Hall–Kier alpha value is -2.29. The molecular formula is C17H22N4O4. The van der Waals surface area contributed by atoms with Gasteiger partial charge in [-0.05, 0) is 17.7 Å². The highest BCUT2D eigenvalue weighted by Crippen LogP contribution is 2.15. The number of β-amino-alcohol motifs (C(OH)–C–C–N with tert-alkyl or cyclic N) is 1. The molecule has 2 heterocycles. The minimum Gasteiger partial charge on any atom is -0.390 e. The topological polar surface area (TPSA) is 104 Å². The van der Waals surface area contributed by atoms with Gasteiger partial charge in [-0.15, -0.1) is 0 Å². The van der Waals surface area contributed by atoms with E-state index in [1.807, 2.05) is 12.1 Å². The second-order valence-electron chi connectivity index (χ2n) is 6.06. The van der Waals surface area contributed by atoms with E-state index in [-0.39, 0.29) is 17.9 Å². The van der Waals surface area contributed by atoms with Gasteiger partial charge in [0.15, 0.2) is 0 Å². The summed E-state index contributed by atoms with van der Waals surface area (Å²) in [5.41, 5.74) is 0.414. The first kappa shape index (κ1) is 17.5. The van der Waals surface area contributed by atoms with Crippen molar-refractivity contribution in [1.29, 1.82) is 0 Å². The zero-order valence-corrected chi connectivity index (χ0v) is 13.9. The molecule has 1 aliphatic heterocycles. The van der Waals surface area contributed by atoms with E-state index in [0.717, 1.165) is 18.7 Å². The molecule has 8 heteroatoms. The Labute approximate surface area is 145 Å². The van der Waals surface area contributed by atoms with Crippen LogP contribution in [0.4, 0.5) is 11.4 Å². The standard InChI is InChI=1S/C17H22N4O4/c22-13(11-21-5-7-25-8-6-21)10-20-15-14(16(23)17(15)24)19-9-12-1-3-18-4-2-12/h1-4,13,19-20,22H,5-11H2. The third-order valence-electron chi connectivity index (χ3n) is 4.22. The van der Waals surface area contributed by atoms with Crippen LogP contribution in [0.3, 0.4) is 0 Å². The summed E-state index contributed by atoms with van der Waals surface area (Å²) in [6, 6.07) is 3.66. The number of aromatic nitrogens is 1. The number of aliphatic hydroxyl groups excluding tert-OH is 1. The van der Waals surface area contributed by atoms with Gasteiger partial charge in [-0.25, -0.2) is 0 Å². The normalized spacial score (nSPS) is 16.7. The Morgan fingerprint density at radius 3 is 2.44 bits per heavy atom. The van der Waals surface area contributed by atoms with E-state index in [9.17, 15) is 14.7 Å². The summed E-state index contributed by atoms with van der Waals surface area (Å²) in [5, 5.41) is 16.0. The van der Waals surface area contributed by atoms with Crippen LogP contribution in [0.15, 0.2) is 34.1 Å². The summed E-state index contributed by atoms with van der Waals surface area (Å²) in [6.07, 6.45) is 2.70. The molecule has 1 aliphatic rings. The molecule has 0 aliphatic carbocycles. The molecule has 1 fully saturated rings. The van der Waals surface area contributed by atoms with E-state index < -0.39 is 17.0 Å². The maximum atomic E-state index is 11.8. The van der Waals surface area contributed by atoms with Gasteiger partial charge in [0.25, 0.3) is 10.9 Å². The number of ether oxygens (including phenoxy) is 1. The first-order valence-corrected chi connectivity index (χ1v) is 8.33. The molecule has 0 saturated carbocycles.